The third-order valence-electron chi connectivity index (χ3n) is 5.68. The average Bonchev–Trinajstić information content (AvgIpc) is 3.14. The van der Waals surface area contributed by atoms with Crippen LogP contribution in [0.15, 0.2) is 54.7 Å². The van der Waals surface area contributed by atoms with Crippen LogP contribution in [0.5, 0.6) is 0 Å². The Morgan fingerprint density at radius 1 is 0.935 bits per heavy atom. The first kappa shape index (κ1) is 20.7. The summed E-state index contributed by atoms with van der Waals surface area (Å²) < 4.78 is 0. The zero-order chi connectivity index (χ0) is 21.8. The van der Waals surface area contributed by atoms with Crippen LogP contribution in [-0.4, -0.2) is 69.5 Å². The maximum absolute atomic E-state index is 12.9. The number of likely N-dealkylation sites (tertiary alicyclic amines) is 1. The van der Waals surface area contributed by atoms with Gasteiger partial charge in [-0.05, 0) is 24.1 Å². The minimum atomic E-state index is -0.548. The summed E-state index contributed by atoms with van der Waals surface area (Å²) in [4.78, 5) is 58.7. The van der Waals surface area contributed by atoms with E-state index in [1.165, 1.54) is 9.80 Å². The predicted molar refractivity (Wildman–Crippen MR) is 111 cm³/mol. The number of carbonyl (C=O) groups excluding carboxylic acids is 4. The number of nitrogens with zero attached hydrogens (tertiary/aromatic N) is 4. The van der Waals surface area contributed by atoms with Crippen LogP contribution in [0.4, 0.5) is 0 Å². The van der Waals surface area contributed by atoms with Gasteiger partial charge in [-0.3, -0.25) is 29.1 Å². The summed E-state index contributed by atoms with van der Waals surface area (Å²) in [5.41, 5.74) is 1.79. The monoisotopic (exact) mass is 420 g/mol. The van der Waals surface area contributed by atoms with E-state index >= 15 is 0 Å². The van der Waals surface area contributed by atoms with Crippen molar-refractivity contribution in [2.24, 2.45) is 5.92 Å². The highest BCUT2D eigenvalue weighted by molar-refractivity contribution is 6.03. The molecule has 4 rings (SSSR count). The number of rotatable bonds is 6. The molecule has 2 saturated heterocycles. The molecule has 1 atom stereocenters. The Balaban J connectivity index is 1.33. The van der Waals surface area contributed by atoms with Crippen molar-refractivity contribution in [1.29, 1.82) is 0 Å². The first-order valence-electron chi connectivity index (χ1n) is 10.3. The number of hydrogen-bond acceptors (Lipinski definition) is 5. The first-order valence-corrected chi connectivity index (χ1v) is 10.3. The number of pyridine rings is 1. The second kappa shape index (κ2) is 9.07. The van der Waals surface area contributed by atoms with E-state index < -0.39 is 5.92 Å². The highest BCUT2D eigenvalue weighted by atomic mass is 16.2. The van der Waals surface area contributed by atoms with Crippen LogP contribution >= 0.6 is 0 Å². The molecule has 0 saturated carbocycles. The summed E-state index contributed by atoms with van der Waals surface area (Å²) in [5, 5.41) is 0. The molecule has 2 aliphatic heterocycles. The number of benzene rings is 1. The van der Waals surface area contributed by atoms with E-state index in [0.29, 0.717) is 19.5 Å². The van der Waals surface area contributed by atoms with E-state index in [2.05, 4.69) is 4.98 Å². The predicted octanol–water partition coefficient (Wildman–Crippen LogP) is 0.870. The minimum absolute atomic E-state index is 0.0856. The summed E-state index contributed by atoms with van der Waals surface area (Å²) in [6.07, 6.45) is 2.32. The number of amides is 4. The Morgan fingerprint density at radius 2 is 1.65 bits per heavy atom. The Bertz CT molecular complexity index is 962. The molecular weight excluding hydrogens is 396 g/mol. The lowest BCUT2D eigenvalue weighted by Gasteiger charge is -2.33. The number of piperazine rings is 1. The molecule has 3 heterocycles. The molecule has 0 bridgehead atoms. The molecule has 2 fully saturated rings. The van der Waals surface area contributed by atoms with Crippen LogP contribution in [0, 0.1) is 5.92 Å². The van der Waals surface area contributed by atoms with Crippen LogP contribution < -0.4 is 0 Å². The van der Waals surface area contributed by atoms with E-state index in [9.17, 15) is 19.2 Å². The molecule has 4 amide bonds. The largest absolute Gasteiger partial charge is 0.336 e. The van der Waals surface area contributed by atoms with Gasteiger partial charge in [0.1, 0.15) is 13.1 Å². The zero-order valence-corrected chi connectivity index (χ0v) is 17.1. The molecule has 1 aromatic heterocycles. The highest BCUT2D eigenvalue weighted by Gasteiger charge is 2.40. The number of imide groups is 1. The lowest BCUT2D eigenvalue weighted by molar-refractivity contribution is -0.157. The lowest BCUT2D eigenvalue weighted by Crippen LogP contribution is -2.57. The van der Waals surface area contributed by atoms with Gasteiger partial charge in [0.2, 0.25) is 23.6 Å². The quantitative estimate of drug-likeness (QED) is 0.647. The molecule has 31 heavy (non-hydrogen) atoms. The Labute approximate surface area is 180 Å². The fraction of sp³-hybridized carbons (Fsp3) is 0.348. The van der Waals surface area contributed by atoms with E-state index in [1.54, 1.807) is 17.2 Å². The highest BCUT2D eigenvalue weighted by Crippen LogP contribution is 2.23. The molecule has 0 unspecified atom stereocenters. The molecule has 0 aliphatic carbocycles. The van der Waals surface area contributed by atoms with Gasteiger partial charge in [0.25, 0.3) is 0 Å². The molecule has 8 heteroatoms. The Morgan fingerprint density at radius 3 is 2.32 bits per heavy atom. The SMILES string of the molecule is O=C1C[C@H](C(=O)N2CC(=O)N(CCc3ccccc3)C(=O)C2)CN1Cc1ccccn1. The normalized spacial score (nSPS) is 19.3. The molecule has 2 aromatic rings. The maximum atomic E-state index is 12.9. The Hall–Kier alpha value is -3.55. The standard InChI is InChI=1S/C23H24N4O4/c28-20-12-18(13-25(20)14-19-8-4-5-10-24-19)23(31)26-15-21(29)27(22(30)16-26)11-9-17-6-2-1-3-7-17/h1-8,10,18H,9,11-16H2/t18-/m0/s1. The van der Waals surface area contributed by atoms with Gasteiger partial charge in [-0.25, -0.2) is 0 Å². The van der Waals surface area contributed by atoms with Crippen molar-refractivity contribution in [3.05, 3.63) is 66.0 Å². The average molecular weight is 420 g/mol. The fourth-order valence-electron chi connectivity index (χ4n) is 4.02. The van der Waals surface area contributed by atoms with Crippen molar-refractivity contribution in [1.82, 2.24) is 19.7 Å². The van der Waals surface area contributed by atoms with Gasteiger partial charge in [0.05, 0.1) is 18.2 Å². The number of hydrogen-bond donors (Lipinski definition) is 0. The summed E-state index contributed by atoms with van der Waals surface area (Å²) in [7, 11) is 0. The smallest absolute Gasteiger partial charge is 0.248 e. The van der Waals surface area contributed by atoms with Gasteiger partial charge in [-0.1, -0.05) is 36.4 Å². The molecule has 2 aliphatic rings. The molecule has 1 aromatic carbocycles. The van der Waals surface area contributed by atoms with Crippen molar-refractivity contribution < 1.29 is 19.2 Å². The summed E-state index contributed by atoms with van der Waals surface area (Å²) in [6.45, 7) is 0.636. The fourth-order valence-corrected chi connectivity index (χ4v) is 4.02. The molecule has 160 valence electrons. The first-order chi connectivity index (χ1) is 15.0. The van der Waals surface area contributed by atoms with Gasteiger partial charge in [-0.15, -0.1) is 0 Å². The van der Waals surface area contributed by atoms with Crippen LogP contribution in [0.3, 0.4) is 0 Å². The van der Waals surface area contributed by atoms with Crippen LogP contribution in [0.1, 0.15) is 17.7 Å². The summed E-state index contributed by atoms with van der Waals surface area (Å²) in [6, 6.07) is 15.1. The topological polar surface area (TPSA) is 90.9 Å². The van der Waals surface area contributed by atoms with E-state index in [4.69, 9.17) is 0 Å². The van der Waals surface area contributed by atoms with Crippen molar-refractivity contribution >= 4 is 23.6 Å². The lowest BCUT2D eigenvalue weighted by atomic mass is 10.1. The summed E-state index contributed by atoms with van der Waals surface area (Å²) in [5.74, 6) is -1.75. The van der Waals surface area contributed by atoms with E-state index in [0.717, 1.165) is 11.3 Å². The second-order valence-electron chi connectivity index (χ2n) is 7.87. The molecule has 8 nitrogen and oxygen atoms in total. The maximum Gasteiger partial charge on any atom is 0.248 e. The molecule has 0 radical (unpaired) electrons. The molecule has 0 N–H and O–H groups in total. The van der Waals surface area contributed by atoms with Crippen molar-refractivity contribution in [2.45, 2.75) is 19.4 Å². The van der Waals surface area contributed by atoms with Crippen LogP contribution in [0.25, 0.3) is 0 Å². The summed E-state index contributed by atoms with van der Waals surface area (Å²) >= 11 is 0. The van der Waals surface area contributed by atoms with Crippen molar-refractivity contribution in [3.8, 4) is 0 Å². The van der Waals surface area contributed by atoms with Gasteiger partial charge < -0.3 is 9.80 Å². The van der Waals surface area contributed by atoms with Crippen molar-refractivity contribution in [3.63, 3.8) is 0 Å². The van der Waals surface area contributed by atoms with Gasteiger partial charge in [-0.2, -0.15) is 0 Å². The van der Waals surface area contributed by atoms with Gasteiger partial charge >= 0.3 is 0 Å². The number of carbonyl (C=O) groups is 4. The Kier molecular flexibility index (Phi) is 6.06. The van der Waals surface area contributed by atoms with Crippen LogP contribution in [-0.2, 0) is 32.1 Å². The van der Waals surface area contributed by atoms with E-state index in [1.807, 2.05) is 42.5 Å². The second-order valence-corrected chi connectivity index (χ2v) is 7.87. The van der Waals surface area contributed by atoms with Crippen molar-refractivity contribution in [2.75, 3.05) is 26.2 Å². The van der Waals surface area contributed by atoms with E-state index in [-0.39, 0.29) is 49.7 Å². The van der Waals surface area contributed by atoms with Gasteiger partial charge in [0, 0.05) is 25.7 Å². The minimum Gasteiger partial charge on any atom is -0.336 e. The zero-order valence-electron chi connectivity index (χ0n) is 17.1. The molecular formula is C23H24N4O4. The van der Waals surface area contributed by atoms with Gasteiger partial charge in [0.15, 0.2) is 0 Å². The van der Waals surface area contributed by atoms with Crippen LogP contribution in [0.2, 0.25) is 0 Å². The molecule has 0 spiro atoms. The third-order valence-corrected chi connectivity index (χ3v) is 5.68. The third kappa shape index (κ3) is 4.79. The number of aromatic nitrogens is 1.